The first-order valence-corrected chi connectivity index (χ1v) is 45.5. The summed E-state index contributed by atoms with van der Waals surface area (Å²) in [7, 11) is -9.92. The molecule has 17 nitrogen and oxygen atoms in total. The van der Waals surface area contributed by atoms with Gasteiger partial charge in [-0.05, 0) is 37.5 Å². The lowest BCUT2D eigenvalue weighted by Crippen LogP contribution is -2.30. The molecule has 0 saturated heterocycles. The molecule has 0 bridgehead atoms. The maximum absolute atomic E-state index is 13.1. The van der Waals surface area contributed by atoms with Crippen LogP contribution in [0.5, 0.6) is 0 Å². The lowest BCUT2D eigenvalue weighted by Gasteiger charge is -2.21. The van der Waals surface area contributed by atoms with Gasteiger partial charge in [0, 0.05) is 25.7 Å². The maximum Gasteiger partial charge on any atom is 0.472 e. The molecule has 0 aromatic rings. The normalized spacial score (nSPS) is 13.9. The number of phosphoric acid groups is 2. The van der Waals surface area contributed by atoms with Crippen LogP contribution >= 0.6 is 15.6 Å². The van der Waals surface area contributed by atoms with E-state index in [0.29, 0.717) is 25.7 Å². The minimum Gasteiger partial charge on any atom is -0.462 e. The molecular formula is C82H160O17P2. The molecule has 0 aliphatic heterocycles. The third-order valence-electron chi connectivity index (χ3n) is 19.2. The molecule has 0 heterocycles. The van der Waals surface area contributed by atoms with Crippen LogP contribution in [0.25, 0.3) is 0 Å². The van der Waals surface area contributed by atoms with Crippen molar-refractivity contribution in [3.63, 3.8) is 0 Å². The first-order chi connectivity index (χ1) is 48.9. The van der Waals surface area contributed by atoms with Crippen LogP contribution in [0.15, 0.2) is 0 Å². The van der Waals surface area contributed by atoms with E-state index in [1.54, 1.807) is 0 Å². The van der Waals surface area contributed by atoms with Crippen molar-refractivity contribution in [1.82, 2.24) is 0 Å². The Bertz CT molecular complexity index is 1940. The molecule has 5 atom stereocenters. The van der Waals surface area contributed by atoms with Gasteiger partial charge in [-0.25, -0.2) is 9.13 Å². The van der Waals surface area contributed by atoms with E-state index in [9.17, 15) is 43.2 Å². The molecule has 0 radical (unpaired) electrons. The summed E-state index contributed by atoms with van der Waals surface area (Å²) in [6.07, 6.45) is 63.7. The van der Waals surface area contributed by atoms with Crippen molar-refractivity contribution in [3.8, 4) is 0 Å². The Morgan fingerprint density at radius 2 is 0.455 bits per heavy atom. The van der Waals surface area contributed by atoms with Crippen molar-refractivity contribution in [2.75, 3.05) is 39.6 Å². The van der Waals surface area contributed by atoms with E-state index in [4.69, 9.17) is 37.0 Å². The van der Waals surface area contributed by atoms with Gasteiger partial charge in [0.15, 0.2) is 12.2 Å². The second kappa shape index (κ2) is 73.6. The van der Waals surface area contributed by atoms with Crippen LogP contribution in [-0.2, 0) is 65.4 Å². The summed E-state index contributed by atoms with van der Waals surface area (Å²) in [5, 5.41) is 10.7. The Hall–Kier alpha value is -1.94. The zero-order chi connectivity index (χ0) is 74.2. The van der Waals surface area contributed by atoms with E-state index in [1.807, 2.05) is 0 Å². The third kappa shape index (κ3) is 76.1. The number of phosphoric ester groups is 2. The lowest BCUT2D eigenvalue weighted by molar-refractivity contribution is -0.161. The summed E-state index contributed by atoms with van der Waals surface area (Å²) in [5.41, 5.74) is 0. The van der Waals surface area contributed by atoms with Gasteiger partial charge >= 0.3 is 39.5 Å². The van der Waals surface area contributed by atoms with Crippen molar-refractivity contribution >= 4 is 39.5 Å². The number of rotatable bonds is 81. The van der Waals surface area contributed by atoms with Gasteiger partial charge in [0.2, 0.25) is 0 Å². The van der Waals surface area contributed by atoms with Crippen LogP contribution in [-0.4, -0.2) is 96.7 Å². The number of hydrogen-bond donors (Lipinski definition) is 3. The minimum atomic E-state index is -4.96. The van der Waals surface area contributed by atoms with E-state index in [1.165, 1.54) is 250 Å². The van der Waals surface area contributed by atoms with Gasteiger partial charge < -0.3 is 33.8 Å². The molecule has 0 aromatic heterocycles. The summed E-state index contributed by atoms with van der Waals surface area (Å²) in [4.78, 5) is 73.1. The SMILES string of the molecule is CCCCCCCCCCCCCCCCCCC(=O)O[C@H](COC(=O)CCCCCCCCCCCCC)COP(=O)(O)OC[C@H](O)COP(=O)(O)OC[C@@H](COC(=O)CCCCCCCCCCCCCCCC(C)C)OC(=O)CCCCCCCCCCCCCCCCCC(C)C. The van der Waals surface area contributed by atoms with Crippen LogP contribution in [0, 0.1) is 11.8 Å². The summed E-state index contributed by atoms with van der Waals surface area (Å²) < 4.78 is 68.8. The van der Waals surface area contributed by atoms with Crippen LogP contribution < -0.4 is 0 Å². The van der Waals surface area contributed by atoms with Gasteiger partial charge in [0.1, 0.15) is 19.3 Å². The number of ether oxygens (including phenoxy) is 4. The number of aliphatic hydroxyl groups is 1. The largest absolute Gasteiger partial charge is 0.472 e. The molecule has 19 heteroatoms. The fourth-order valence-electron chi connectivity index (χ4n) is 12.7. The number of hydrogen-bond acceptors (Lipinski definition) is 15. The number of carbonyl (C=O) groups excluding carboxylic acids is 4. The third-order valence-corrected chi connectivity index (χ3v) is 21.1. The van der Waals surface area contributed by atoms with E-state index >= 15 is 0 Å². The van der Waals surface area contributed by atoms with Gasteiger partial charge in [-0.1, -0.05) is 382 Å². The molecule has 0 saturated carbocycles. The fourth-order valence-corrected chi connectivity index (χ4v) is 14.3. The van der Waals surface area contributed by atoms with Crippen LogP contribution in [0.2, 0.25) is 0 Å². The highest BCUT2D eigenvalue weighted by molar-refractivity contribution is 7.47. The standard InChI is InChI=1S/C82H160O17P2/c1-7-9-11-13-15-17-19-20-21-24-29-36-42-48-54-60-66-81(86)98-77(70-92-79(84)64-58-52-46-40-32-18-16-14-12-10-8-2)72-96-100(88,89)94-68-76(83)69-95-101(90,91)97-73-78(71-93-80(85)65-59-53-47-41-35-31-26-28-34-39-45-51-57-63-75(5)6)99-82(87)67-61-55-49-43-37-30-25-22-23-27-33-38-44-50-56-62-74(3)4/h74-78,83H,7-73H2,1-6H3,(H,88,89)(H,90,91)/t76-,77+,78+/m0/s1. The molecule has 2 unspecified atom stereocenters. The molecular weight excluding hydrogens is 1320 g/mol. The second-order valence-corrected chi connectivity index (χ2v) is 33.4. The molecule has 101 heavy (non-hydrogen) atoms. The van der Waals surface area contributed by atoms with Crippen molar-refractivity contribution in [3.05, 3.63) is 0 Å². The predicted octanol–water partition coefficient (Wildman–Crippen LogP) is 24.7. The molecule has 0 amide bonds. The van der Waals surface area contributed by atoms with E-state index in [0.717, 1.165) is 102 Å². The van der Waals surface area contributed by atoms with Gasteiger partial charge in [-0.3, -0.25) is 37.3 Å². The molecule has 3 N–H and O–H groups in total. The topological polar surface area (TPSA) is 237 Å². The van der Waals surface area contributed by atoms with Crippen molar-refractivity contribution in [2.45, 2.75) is 452 Å². The highest BCUT2D eigenvalue weighted by atomic mass is 31.2. The first-order valence-electron chi connectivity index (χ1n) is 42.5. The zero-order valence-electron chi connectivity index (χ0n) is 66.2. The highest BCUT2D eigenvalue weighted by Crippen LogP contribution is 2.45. The van der Waals surface area contributed by atoms with Crippen molar-refractivity contribution < 1.29 is 80.2 Å². The molecule has 0 aliphatic rings. The molecule has 0 fully saturated rings. The smallest absolute Gasteiger partial charge is 0.462 e. The molecule has 0 aliphatic carbocycles. The van der Waals surface area contributed by atoms with Gasteiger partial charge in [0.05, 0.1) is 26.4 Å². The predicted molar refractivity (Wildman–Crippen MR) is 414 cm³/mol. The van der Waals surface area contributed by atoms with Gasteiger partial charge in [-0.15, -0.1) is 0 Å². The summed E-state index contributed by atoms with van der Waals surface area (Å²) in [6, 6.07) is 0. The Morgan fingerprint density at radius 3 is 0.673 bits per heavy atom. The number of carbonyl (C=O) groups is 4. The Kier molecular flexibility index (Phi) is 72.2. The van der Waals surface area contributed by atoms with Gasteiger partial charge in [0.25, 0.3) is 0 Å². The quantitative estimate of drug-likeness (QED) is 0.0222. The molecule has 0 rings (SSSR count). The van der Waals surface area contributed by atoms with E-state index in [-0.39, 0.29) is 25.7 Å². The number of aliphatic hydroxyl groups excluding tert-OH is 1. The number of esters is 4. The average Bonchev–Trinajstić information content (AvgIpc) is 2.08. The second-order valence-electron chi connectivity index (χ2n) is 30.5. The van der Waals surface area contributed by atoms with Crippen LogP contribution in [0.3, 0.4) is 0 Å². The van der Waals surface area contributed by atoms with Crippen molar-refractivity contribution in [1.29, 1.82) is 0 Å². The fraction of sp³-hybridized carbons (Fsp3) is 0.951. The number of unbranched alkanes of at least 4 members (excludes halogenated alkanes) is 51. The first kappa shape index (κ1) is 99.1. The van der Waals surface area contributed by atoms with E-state index in [2.05, 4.69) is 41.5 Å². The Labute approximate surface area is 619 Å². The lowest BCUT2D eigenvalue weighted by atomic mass is 10.0. The summed E-state index contributed by atoms with van der Waals surface area (Å²) >= 11 is 0. The summed E-state index contributed by atoms with van der Waals surface area (Å²) in [5.74, 6) is -0.511. The zero-order valence-corrected chi connectivity index (χ0v) is 68.0. The van der Waals surface area contributed by atoms with E-state index < -0.39 is 97.5 Å². The molecule has 600 valence electrons. The van der Waals surface area contributed by atoms with Gasteiger partial charge in [-0.2, -0.15) is 0 Å². The monoisotopic (exact) mass is 1480 g/mol. The Morgan fingerprint density at radius 1 is 0.267 bits per heavy atom. The van der Waals surface area contributed by atoms with Crippen molar-refractivity contribution in [2.24, 2.45) is 11.8 Å². The molecule has 0 aromatic carbocycles. The summed E-state index contributed by atoms with van der Waals surface area (Å²) in [6.45, 7) is 9.69. The van der Waals surface area contributed by atoms with Crippen LogP contribution in [0.4, 0.5) is 0 Å². The minimum absolute atomic E-state index is 0.108. The molecule has 0 spiro atoms. The average molecular weight is 1480 g/mol. The van der Waals surface area contributed by atoms with Crippen LogP contribution in [0.1, 0.15) is 433 Å². The maximum atomic E-state index is 13.1. The Balaban J connectivity index is 5.25. The highest BCUT2D eigenvalue weighted by Gasteiger charge is 2.30.